The summed E-state index contributed by atoms with van der Waals surface area (Å²) in [5, 5.41) is 3.35. The Kier molecular flexibility index (Phi) is 2.47. The van der Waals surface area contributed by atoms with Crippen molar-refractivity contribution in [2.75, 3.05) is 0 Å². The Balaban J connectivity index is 2.71. The SMILES string of the molecule is CC(C)c1cc2ccccc2cc1Cl. The van der Waals surface area contributed by atoms with Gasteiger partial charge in [-0.05, 0) is 34.4 Å². The van der Waals surface area contributed by atoms with Crippen LogP contribution in [0.5, 0.6) is 0 Å². The molecule has 2 aromatic rings. The van der Waals surface area contributed by atoms with Gasteiger partial charge in [-0.3, -0.25) is 0 Å². The summed E-state index contributed by atoms with van der Waals surface area (Å²) >= 11 is 6.20. The minimum absolute atomic E-state index is 0.479. The van der Waals surface area contributed by atoms with Gasteiger partial charge in [0, 0.05) is 5.02 Å². The van der Waals surface area contributed by atoms with Crippen LogP contribution in [0.1, 0.15) is 25.3 Å². The second-order valence-corrected chi connectivity index (χ2v) is 4.28. The van der Waals surface area contributed by atoms with Crippen molar-refractivity contribution in [3.05, 3.63) is 47.0 Å². The van der Waals surface area contributed by atoms with Crippen molar-refractivity contribution >= 4 is 22.4 Å². The first-order chi connectivity index (χ1) is 6.68. The molecule has 0 aliphatic carbocycles. The van der Waals surface area contributed by atoms with Gasteiger partial charge in [-0.15, -0.1) is 0 Å². The molecule has 0 atom stereocenters. The van der Waals surface area contributed by atoms with Gasteiger partial charge in [0.25, 0.3) is 0 Å². The van der Waals surface area contributed by atoms with Crippen LogP contribution in [0.2, 0.25) is 5.02 Å². The molecule has 2 aromatic carbocycles. The van der Waals surface area contributed by atoms with Gasteiger partial charge in [0.15, 0.2) is 0 Å². The summed E-state index contributed by atoms with van der Waals surface area (Å²) in [6.07, 6.45) is 0. The monoisotopic (exact) mass is 204 g/mol. The Morgan fingerprint density at radius 3 is 2.14 bits per heavy atom. The number of hydrogen-bond acceptors (Lipinski definition) is 0. The molecule has 0 aliphatic heterocycles. The molecular formula is C13H13Cl. The van der Waals surface area contributed by atoms with Crippen molar-refractivity contribution in [3.63, 3.8) is 0 Å². The van der Waals surface area contributed by atoms with E-state index < -0.39 is 0 Å². The second kappa shape index (κ2) is 3.62. The Labute approximate surface area is 89.5 Å². The Bertz CT molecular complexity index is 458. The van der Waals surface area contributed by atoms with Crippen LogP contribution in [-0.2, 0) is 0 Å². The molecule has 2 rings (SSSR count). The van der Waals surface area contributed by atoms with E-state index in [9.17, 15) is 0 Å². The lowest BCUT2D eigenvalue weighted by molar-refractivity contribution is 0.869. The number of halogens is 1. The van der Waals surface area contributed by atoms with Crippen LogP contribution in [0.25, 0.3) is 10.8 Å². The standard InChI is InChI=1S/C13H13Cl/c1-9(2)12-7-10-5-3-4-6-11(10)8-13(12)14/h3-9H,1-2H3. The van der Waals surface area contributed by atoms with Crippen LogP contribution < -0.4 is 0 Å². The van der Waals surface area contributed by atoms with E-state index in [1.54, 1.807) is 0 Å². The number of benzene rings is 2. The summed E-state index contributed by atoms with van der Waals surface area (Å²) < 4.78 is 0. The van der Waals surface area contributed by atoms with Crippen LogP contribution in [0.4, 0.5) is 0 Å². The van der Waals surface area contributed by atoms with Crippen molar-refractivity contribution in [3.8, 4) is 0 Å². The van der Waals surface area contributed by atoms with Crippen molar-refractivity contribution in [1.82, 2.24) is 0 Å². The molecule has 72 valence electrons. The molecule has 0 radical (unpaired) electrons. The zero-order chi connectivity index (χ0) is 10.1. The van der Waals surface area contributed by atoms with E-state index in [-0.39, 0.29) is 0 Å². The fourth-order valence-corrected chi connectivity index (χ4v) is 2.06. The molecule has 0 heterocycles. The van der Waals surface area contributed by atoms with Crippen molar-refractivity contribution in [2.45, 2.75) is 19.8 Å². The molecular weight excluding hydrogens is 192 g/mol. The van der Waals surface area contributed by atoms with Gasteiger partial charge in [0.05, 0.1) is 0 Å². The first-order valence-electron chi connectivity index (χ1n) is 4.86. The summed E-state index contributed by atoms with van der Waals surface area (Å²) in [4.78, 5) is 0. The molecule has 0 bridgehead atoms. The Morgan fingerprint density at radius 2 is 1.57 bits per heavy atom. The molecule has 0 nitrogen and oxygen atoms in total. The van der Waals surface area contributed by atoms with Crippen molar-refractivity contribution in [2.24, 2.45) is 0 Å². The summed E-state index contributed by atoms with van der Waals surface area (Å²) in [6, 6.07) is 12.5. The van der Waals surface area contributed by atoms with Gasteiger partial charge in [-0.2, -0.15) is 0 Å². The molecule has 0 saturated carbocycles. The topological polar surface area (TPSA) is 0 Å². The predicted octanol–water partition coefficient (Wildman–Crippen LogP) is 4.62. The minimum atomic E-state index is 0.479. The molecule has 0 unspecified atom stereocenters. The third-order valence-corrected chi connectivity index (χ3v) is 2.81. The fourth-order valence-electron chi connectivity index (χ4n) is 1.67. The zero-order valence-electron chi connectivity index (χ0n) is 8.42. The summed E-state index contributed by atoms with van der Waals surface area (Å²) in [7, 11) is 0. The molecule has 14 heavy (non-hydrogen) atoms. The highest BCUT2D eigenvalue weighted by Crippen LogP contribution is 2.28. The normalized spacial score (nSPS) is 11.1. The maximum atomic E-state index is 6.20. The average molecular weight is 205 g/mol. The third kappa shape index (κ3) is 1.62. The number of hydrogen-bond donors (Lipinski definition) is 0. The Morgan fingerprint density at radius 1 is 1.00 bits per heavy atom. The van der Waals surface area contributed by atoms with Crippen LogP contribution in [0, 0.1) is 0 Å². The van der Waals surface area contributed by atoms with E-state index >= 15 is 0 Å². The van der Waals surface area contributed by atoms with E-state index in [2.05, 4.69) is 38.1 Å². The highest BCUT2D eigenvalue weighted by atomic mass is 35.5. The average Bonchev–Trinajstić information content (AvgIpc) is 2.16. The van der Waals surface area contributed by atoms with Gasteiger partial charge < -0.3 is 0 Å². The van der Waals surface area contributed by atoms with Crippen LogP contribution in [0.15, 0.2) is 36.4 Å². The minimum Gasteiger partial charge on any atom is -0.0840 e. The highest BCUT2D eigenvalue weighted by Gasteiger charge is 2.05. The lowest BCUT2D eigenvalue weighted by Gasteiger charge is -2.09. The molecule has 1 heteroatoms. The first-order valence-corrected chi connectivity index (χ1v) is 5.24. The lowest BCUT2D eigenvalue weighted by Crippen LogP contribution is -1.88. The molecule has 0 amide bonds. The predicted molar refractivity (Wildman–Crippen MR) is 63.0 cm³/mol. The number of rotatable bonds is 1. The smallest absolute Gasteiger partial charge is 0.0446 e. The lowest BCUT2D eigenvalue weighted by atomic mass is 9.99. The van der Waals surface area contributed by atoms with E-state index in [1.807, 2.05) is 12.1 Å². The zero-order valence-corrected chi connectivity index (χ0v) is 9.18. The molecule has 0 aliphatic rings. The summed E-state index contributed by atoms with van der Waals surface area (Å²) in [5.74, 6) is 0.479. The van der Waals surface area contributed by atoms with Crippen LogP contribution >= 0.6 is 11.6 Å². The van der Waals surface area contributed by atoms with Crippen molar-refractivity contribution in [1.29, 1.82) is 0 Å². The van der Waals surface area contributed by atoms with E-state index in [1.165, 1.54) is 16.3 Å². The largest absolute Gasteiger partial charge is 0.0840 e. The maximum Gasteiger partial charge on any atom is 0.0446 e. The highest BCUT2D eigenvalue weighted by molar-refractivity contribution is 6.32. The summed E-state index contributed by atoms with van der Waals surface area (Å²) in [5.41, 5.74) is 1.23. The van der Waals surface area contributed by atoms with Gasteiger partial charge >= 0.3 is 0 Å². The molecule has 0 N–H and O–H groups in total. The maximum absolute atomic E-state index is 6.20. The quantitative estimate of drug-likeness (QED) is 0.636. The van der Waals surface area contributed by atoms with E-state index in [0.717, 1.165) is 5.02 Å². The van der Waals surface area contributed by atoms with Crippen molar-refractivity contribution < 1.29 is 0 Å². The third-order valence-electron chi connectivity index (χ3n) is 2.49. The Hall–Kier alpha value is -1.01. The molecule has 0 aromatic heterocycles. The van der Waals surface area contributed by atoms with Gasteiger partial charge in [0.2, 0.25) is 0 Å². The molecule has 0 spiro atoms. The summed E-state index contributed by atoms with van der Waals surface area (Å²) in [6.45, 7) is 4.33. The van der Waals surface area contributed by atoms with Crippen LogP contribution in [0.3, 0.4) is 0 Å². The first kappa shape index (κ1) is 9.54. The van der Waals surface area contributed by atoms with Crippen LogP contribution in [-0.4, -0.2) is 0 Å². The molecule has 0 saturated heterocycles. The second-order valence-electron chi connectivity index (χ2n) is 3.88. The molecule has 0 fully saturated rings. The number of fused-ring (bicyclic) bond motifs is 1. The van der Waals surface area contributed by atoms with E-state index in [4.69, 9.17) is 11.6 Å². The van der Waals surface area contributed by atoms with E-state index in [0.29, 0.717) is 5.92 Å². The van der Waals surface area contributed by atoms with Gasteiger partial charge in [0.1, 0.15) is 0 Å². The fraction of sp³-hybridized carbons (Fsp3) is 0.231. The van der Waals surface area contributed by atoms with Gasteiger partial charge in [-0.25, -0.2) is 0 Å². The van der Waals surface area contributed by atoms with Gasteiger partial charge in [-0.1, -0.05) is 49.7 Å².